The monoisotopic (exact) mass is 263 g/mol. The number of nitriles is 1. The van der Waals surface area contributed by atoms with Crippen LogP contribution >= 0.6 is 0 Å². The summed E-state index contributed by atoms with van der Waals surface area (Å²) in [7, 11) is 0. The van der Waals surface area contributed by atoms with Crippen LogP contribution in [0.1, 0.15) is 52.4 Å². The van der Waals surface area contributed by atoms with Crippen molar-refractivity contribution in [2.75, 3.05) is 13.1 Å². The Balaban J connectivity index is 2.45. The predicted molar refractivity (Wildman–Crippen MR) is 76.4 cm³/mol. The molecule has 0 aromatic rings. The molecule has 0 aliphatic heterocycles. The summed E-state index contributed by atoms with van der Waals surface area (Å²) in [4.78, 5) is 2.73. The lowest BCUT2D eigenvalue weighted by atomic mass is 9.74. The Labute approximate surface area is 116 Å². The fourth-order valence-corrected chi connectivity index (χ4v) is 3.08. The fourth-order valence-electron chi connectivity index (χ4n) is 3.08. The molecule has 0 heterocycles. The summed E-state index contributed by atoms with van der Waals surface area (Å²) in [5.41, 5.74) is 7.86. The van der Waals surface area contributed by atoms with Gasteiger partial charge in [0.2, 0.25) is 0 Å². The van der Waals surface area contributed by atoms with Gasteiger partial charge in [-0.1, -0.05) is 31.8 Å². The van der Waals surface area contributed by atoms with E-state index in [4.69, 9.17) is 5.53 Å². The average molecular weight is 263 g/mol. The van der Waals surface area contributed by atoms with E-state index in [1.807, 2.05) is 0 Å². The number of azide groups is 1. The summed E-state index contributed by atoms with van der Waals surface area (Å²) in [5.74, 6) is 1.36. The highest BCUT2D eigenvalue weighted by Crippen LogP contribution is 2.35. The molecule has 1 fully saturated rings. The third-order valence-electron chi connectivity index (χ3n) is 3.83. The van der Waals surface area contributed by atoms with Crippen molar-refractivity contribution in [1.29, 1.82) is 5.26 Å². The first-order chi connectivity index (χ1) is 9.12. The van der Waals surface area contributed by atoms with E-state index in [1.165, 1.54) is 12.8 Å². The van der Waals surface area contributed by atoms with Gasteiger partial charge in [0.05, 0.1) is 6.07 Å². The van der Waals surface area contributed by atoms with Crippen LogP contribution < -0.4 is 5.32 Å². The minimum atomic E-state index is -0.353. The fraction of sp³-hybridized carbons (Fsp3) is 0.929. The van der Waals surface area contributed by atoms with E-state index in [0.717, 1.165) is 32.2 Å². The van der Waals surface area contributed by atoms with Gasteiger partial charge in [0.25, 0.3) is 0 Å². The Morgan fingerprint density at radius 1 is 1.58 bits per heavy atom. The van der Waals surface area contributed by atoms with Crippen molar-refractivity contribution in [2.45, 2.75) is 57.9 Å². The Bertz CT molecular complexity index is 353. The molecule has 106 valence electrons. The van der Waals surface area contributed by atoms with Gasteiger partial charge in [-0.15, -0.1) is 0 Å². The van der Waals surface area contributed by atoms with E-state index in [1.54, 1.807) is 0 Å². The van der Waals surface area contributed by atoms with Crippen molar-refractivity contribution in [3.63, 3.8) is 0 Å². The second-order valence-electron chi connectivity index (χ2n) is 6.02. The van der Waals surface area contributed by atoms with Gasteiger partial charge in [0.15, 0.2) is 0 Å². The van der Waals surface area contributed by atoms with Crippen molar-refractivity contribution in [2.24, 2.45) is 17.0 Å². The first kappa shape index (κ1) is 15.8. The van der Waals surface area contributed by atoms with Crippen LogP contribution in [0.4, 0.5) is 0 Å². The van der Waals surface area contributed by atoms with Gasteiger partial charge >= 0.3 is 0 Å². The zero-order valence-corrected chi connectivity index (χ0v) is 12.1. The summed E-state index contributed by atoms with van der Waals surface area (Å²) in [6.45, 7) is 5.74. The maximum atomic E-state index is 9.50. The van der Waals surface area contributed by atoms with Crippen LogP contribution in [-0.4, -0.2) is 18.6 Å². The SMILES string of the molecule is CC(C)CC1CCCC(C#N)(NCCCN=[N+]=[N-])C1. The number of rotatable bonds is 7. The molecule has 0 amide bonds. The van der Waals surface area contributed by atoms with Crippen LogP contribution in [0.5, 0.6) is 0 Å². The van der Waals surface area contributed by atoms with E-state index in [2.05, 4.69) is 35.3 Å². The van der Waals surface area contributed by atoms with Gasteiger partial charge in [0, 0.05) is 11.5 Å². The van der Waals surface area contributed by atoms with E-state index in [9.17, 15) is 5.26 Å². The molecule has 1 rings (SSSR count). The lowest BCUT2D eigenvalue weighted by Crippen LogP contribution is -2.48. The lowest BCUT2D eigenvalue weighted by Gasteiger charge is -2.37. The normalized spacial score (nSPS) is 26.7. The van der Waals surface area contributed by atoms with Crippen molar-refractivity contribution in [1.82, 2.24) is 5.32 Å². The standard InChI is InChI=1S/C14H25N5/c1-12(2)9-13-5-3-6-14(10-13,11-15)17-7-4-8-18-19-16/h12-13,17H,3-10H2,1-2H3. The smallest absolute Gasteiger partial charge is 0.107 e. The van der Waals surface area contributed by atoms with Gasteiger partial charge in [-0.3, -0.25) is 5.32 Å². The molecule has 19 heavy (non-hydrogen) atoms. The van der Waals surface area contributed by atoms with Gasteiger partial charge < -0.3 is 0 Å². The van der Waals surface area contributed by atoms with Crippen LogP contribution in [-0.2, 0) is 0 Å². The zero-order chi connectivity index (χ0) is 14.1. The average Bonchev–Trinajstić information content (AvgIpc) is 2.38. The van der Waals surface area contributed by atoms with Crippen LogP contribution in [0.15, 0.2) is 5.11 Å². The lowest BCUT2D eigenvalue weighted by molar-refractivity contribution is 0.207. The maximum Gasteiger partial charge on any atom is 0.107 e. The highest BCUT2D eigenvalue weighted by atomic mass is 15.1. The van der Waals surface area contributed by atoms with Gasteiger partial charge in [-0.2, -0.15) is 5.26 Å². The van der Waals surface area contributed by atoms with Crippen LogP contribution in [0.25, 0.3) is 10.4 Å². The van der Waals surface area contributed by atoms with Gasteiger partial charge in [0.1, 0.15) is 5.54 Å². The number of hydrogen-bond donors (Lipinski definition) is 1. The Morgan fingerprint density at radius 2 is 2.37 bits per heavy atom. The Kier molecular flexibility index (Phi) is 6.69. The van der Waals surface area contributed by atoms with Crippen LogP contribution in [0.2, 0.25) is 0 Å². The molecule has 2 atom stereocenters. The minimum Gasteiger partial charge on any atom is -0.299 e. The predicted octanol–water partition coefficient (Wildman–Crippen LogP) is 3.78. The summed E-state index contributed by atoms with van der Waals surface area (Å²) >= 11 is 0. The molecule has 1 aliphatic rings. The molecule has 0 spiro atoms. The van der Waals surface area contributed by atoms with E-state index in [0.29, 0.717) is 18.4 Å². The largest absolute Gasteiger partial charge is 0.299 e. The zero-order valence-electron chi connectivity index (χ0n) is 12.1. The molecule has 5 heteroatoms. The highest BCUT2D eigenvalue weighted by Gasteiger charge is 2.35. The van der Waals surface area contributed by atoms with E-state index < -0.39 is 0 Å². The minimum absolute atomic E-state index is 0.353. The Morgan fingerprint density at radius 3 is 3.00 bits per heavy atom. The molecule has 5 nitrogen and oxygen atoms in total. The summed E-state index contributed by atoms with van der Waals surface area (Å²) in [5, 5.41) is 16.4. The van der Waals surface area contributed by atoms with E-state index in [-0.39, 0.29) is 5.54 Å². The van der Waals surface area contributed by atoms with Gasteiger partial charge in [-0.05, 0) is 49.6 Å². The van der Waals surface area contributed by atoms with Crippen LogP contribution in [0, 0.1) is 23.2 Å². The van der Waals surface area contributed by atoms with Gasteiger partial charge in [-0.25, -0.2) is 0 Å². The van der Waals surface area contributed by atoms with Crippen molar-refractivity contribution >= 4 is 0 Å². The second-order valence-corrected chi connectivity index (χ2v) is 6.02. The third kappa shape index (κ3) is 5.50. The molecule has 0 aromatic carbocycles. The second kappa shape index (κ2) is 8.04. The molecule has 1 N–H and O–H groups in total. The number of nitrogens with one attached hydrogen (secondary N) is 1. The molecule has 1 saturated carbocycles. The summed E-state index contributed by atoms with van der Waals surface area (Å²) in [6, 6.07) is 2.50. The van der Waals surface area contributed by atoms with E-state index >= 15 is 0 Å². The molecule has 2 unspecified atom stereocenters. The quantitative estimate of drug-likeness (QED) is 0.328. The maximum absolute atomic E-state index is 9.50. The summed E-state index contributed by atoms with van der Waals surface area (Å²) in [6.07, 6.45) is 6.30. The first-order valence-electron chi connectivity index (χ1n) is 7.29. The van der Waals surface area contributed by atoms with Crippen molar-refractivity contribution in [3.8, 4) is 6.07 Å². The molecule has 0 aromatic heterocycles. The third-order valence-corrected chi connectivity index (χ3v) is 3.83. The number of hydrogen-bond acceptors (Lipinski definition) is 3. The first-order valence-corrected chi connectivity index (χ1v) is 7.29. The van der Waals surface area contributed by atoms with Crippen LogP contribution in [0.3, 0.4) is 0 Å². The molecule has 0 saturated heterocycles. The summed E-state index contributed by atoms with van der Waals surface area (Å²) < 4.78 is 0. The Hall–Kier alpha value is -1.24. The molecular formula is C14H25N5. The molecule has 0 radical (unpaired) electrons. The van der Waals surface area contributed by atoms with Crippen molar-refractivity contribution < 1.29 is 0 Å². The molecule has 1 aliphatic carbocycles. The topological polar surface area (TPSA) is 84.6 Å². The highest BCUT2D eigenvalue weighted by molar-refractivity contribution is 5.09. The molecular weight excluding hydrogens is 238 g/mol. The van der Waals surface area contributed by atoms with Crippen molar-refractivity contribution in [3.05, 3.63) is 10.4 Å². The molecule has 0 bridgehead atoms. The number of nitrogens with zero attached hydrogens (tertiary/aromatic N) is 4.